The van der Waals surface area contributed by atoms with Crippen LogP contribution in [-0.2, 0) is 19.2 Å². The zero-order chi connectivity index (χ0) is 37.9. The molecule has 0 radical (unpaired) electrons. The highest BCUT2D eigenvalue weighted by molar-refractivity contribution is 5.91. The van der Waals surface area contributed by atoms with Crippen molar-refractivity contribution in [2.45, 2.75) is 103 Å². The fourth-order valence-corrected chi connectivity index (χ4v) is 2.57. The fraction of sp³-hybridized carbons (Fsp3) is 0.714. The SMILES string of the molecule is CC(C)(N=NC(C)(C)C(N)=NCCC(=O)O)C(N)=NCCC(=O)O.CC(C)(N=NC(C)(C)C(N)=NCCC(=O)O)C(N)=NCCC(=O)O. The van der Waals surface area contributed by atoms with Gasteiger partial charge in [0, 0.05) is 0 Å². The third kappa shape index (κ3) is 20.2. The molecule has 0 saturated carbocycles. The summed E-state index contributed by atoms with van der Waals surface area (Å²) in [5, 5.41) is 50.9. The van der Waals surface area contributed by atoms with E-state index in [4.69, 9.17) is 43.4 Å². The lowest BCUT2D eigenvalue weighted by Crippen LogP contribution is -2.40. The summed E-state index contributed by atoms with van der Waals surface area (Å²) in [6.07, 6.45) is -0.490. The van der Waals surface area contributed by atoms with Crippen molar-refractivity contribution in [3.63, 3.8) is 0 Å². The predicted octanol–water partition coefficient (Wildman–Crippen LogP) is 1.32. The van der Waals surface area contributed by atoms with E-state index < -0.39 is 46.0 Å². The minimum absolute atomic E-state index is 0.0578. The molecule has 0 aliphatic carbocycles. The number of nitrogens with zero attached hydrogens (tertiary/aromatic N) is 8. The summed E-state index contributed by atoms with van der Waals surface area (Å²) in [6, 6.07) is 0. The minimum atomic E-state index is -0.961. The van der Waals surface area contributed by atoms with Gasteiger partial charge >= 0.3 is 23.9 Å². The highest BCUT2D eigenvalue weighted by Crippen LogP contribution is 2.18. The van der Waals surface area contributed by atoms with Crippen LogP contribution in [-0.4, -0.2) is 116 Å². The van der Waals surface area contributed by atoms with E-state index in [2.05, 4.69) is 40.4 Å². The molecule has 0 amide bonds. The summed E-state index contributed by atoms with van der Waals surface area (Å²) in [5.41, 5.74) is 19.6. The van der Waals surface area contributed by atoms with Gasteiger partial charge < -0.3 is 43.4 Å². The zero-order valence-electron chi connectivity index (χ0n) is 29.0. The van der Waals surface area contributed by atoms with Crippen LogP contribution in [0, 0.1) is 0 Å². The average molecular weight is 685 g/mol. The van der Waals surface area contributed by atoms with Crippen LogP contribution in [0.1, 0.15) is 81.1 Å². The van der Waals surface area contributed by atoms with Gasteiger partial charge in [-0.25, -0.2) is 0 Å². The Labute approximate surface area is 279 Å². The second-order valence-electron chi connectivity index (χ2n) is 12.3. The van der Waals surface area contributed by atoms with Gasteiger partial charge in [0.05, 0.1) is 51.9 Å². The Balaban J connectivity index is 0. The number of carboxylic acids is 4. The smallest absolute Gasteiger partial charge is 0.305 e. The molecule has 0 rings (SSSR count). The average Bonchev–Trinajstić information content (AvgIpc) is 2.94. The number of azo groups is 2. The summed E-state index contributed by atoms with van der Waals surface area (Å²) < 4.78 is 0. The monoisotopic (exact) mass is 684 g/mol. The molecule has 0 spiro atoms. The van der Waals surface area contributed by atoms with E-state index in [0.717, 1.165) is 0 Å². The zero-order valence-corrected chi connectivity index (χ0v) is 29.0. The largest absolute Gasteiger partial charge is 0.481 e. The number of carboxylic acid groups (broad SMARTS) is 4. The van der Waals surface area contributed by atoms with Crippen LogP contribution < -0.4 is 22.9 Å². The van der Waals surface area contributed by atoms with Crippen LogP contribution in [0.15, 0.2) is 40.4 Å². The number of carbonyl (C=O) groups is 4. The molecule has 0 bridgehead atoms. The van der Waals surface area contributed by atoms with Crippen molar-refractivity contribution < 1.29 is 39.6 Å². The van der Waals surface area contributed by atoms with Gasteiger partial charge in [-0.15, -0.1) is 0 Å². The molecule has 12 N–H and O–H groups in total. The molecule has 0 fully saturated rings. The third-order valence-corrected chi connectivity index (χ3v) is 6.04. The summed E-state index contributed by atoms with van der Waals surface area (Å²) in [4.78, 5) is 57.8. The molecule has 272 valence electrons. The van der Waals surface area contributed by atoms with E-state index in [1.807, 2.05) is 0 Å². The van der Waals surface area contributed by atoms with E-state index in [0.29, 0.717) is 0 Å². The molecule has 20 heteroatoms. The number of hydrogen-bond acceptors (Lipinski definition) is 12. The standard InChI is InChI=1S/2C14H26N6O4/c2*1-13(2,11(15)17-7-5-9(21)22)19-20-14(3,4)12(16)18-8-6-10(23)24/h2*5-8H2,1-4H3,(H2,15,17)(H2,16,18)(H,21,22)(H,23,24). The molecule has 0 aliphatic rings. The Kier molecular flexibility index (Phi) is 19.0. The first kappa shape index (κ1) is 45.1. The van der Waals surface area contributed by atoms with Crippen LogP contribution >= 0.6 is 0 Å². The Morgan fingerprint density at radius 2 is 0.542 bits per heavy atom. The second-order valence-corrected chi connectivity index (χ2v) is 12.3. The predicted molar refractivity (Wildman–Crippen MR) is 181 cm³/mol. The van der Waals surface area contributed by atoms with Crippen LogP contribution in [0.2, 0.25) is 0 Å². The van der Waals surface area contributed by atoms with Gasteiger partial charge in [0.15, 0.2) is 0 Å². The van der Waals surface area contributed by atoms with Gasteiger partial charge in [-0.1, -0.05) is 0 Å². The number of nitrogens with two attached hydrogens (primary N) is 4. The normalized spacial score (nSPS) is 14.2. The molecule has 0 aromatic heterocycles. The molecule has 0 aromatic rings. The van der Waals surface area contributed by atoms with Crippen molar-refractivity contribution in [1.82, 2.24) is 0 Å². The molecule has 0 atom stereocenters. The maximum absolute atomic E-state index is 10.5. The van der Waals surface area contributed by atoms with E-state index in [1.165, 1.54) is 0 Å². The lowest BCUT2D eigenvalue weighted by atomic mass is 10.0. The van der Waals surface area contributed by atoms with Crippen LogP contribution in [0.25, 0.3) is 0 Å². The van der Waals surface area contributed by atoms with Crippen LogP contribution in [0.4, 0.5) is 0 Å². The molecule has 20 nitrogen and oxygen atoms in total. The summed E-state index contributed by atoms with van der Waals surface area (Å²) in [6.45, 7) is 13.7. The van der Waals surface area contributed by atoms with Gasteiger partial charge in [0.1, 0.15) is 45.5 Å². The Bertz CT molecular complexity index is 1100. The molecule has 0 aromatic carbocycles. The first-order valence-electron chi connectivity index (χ1n) is 14.7. The molecule has 0 unspecified atom stereocenters. The first-order valence-corrected chi connectivity index (χ1v) is 14.7. The molecule has 0 aliphatic heterocycles. The van der Waals surface area contributed by atoms with Gasteiger partial charge in [-0.2, -0.15) is 20.5 Å². The maximum atomic E-state index is 10.5. The van der Waals surface area contributed by atoms with Crippen molar-refractivity contribution in [2.75, 3.05) is 26.2 Å². The number of rotatable bonds is 20. The lowest BCUT2D eigenvalue weighted by Gasteiger charge is -2.22. The number of amidine groups is 4. The van der Waals surface area contributed by atoms with Gasteiger partial charge in [0.2, 0.25) is 0 Å². The number of aliphatic carboxylic acids is 4. The van der Waals surface area contributed by atoms with Crippen molar-refractivity contribution >= 4 is 47.2 Å². The van der Waals surface area contributed by atoms with Crippen molar-refractivity contribution in [3.8, 4) is 0 Å². The van der Waals surface area contributed by atoms with Crippen molar-refractivity contribution in [1.29, 1.82) is 0 Å². The second kappa shape index (κ2) is 20.3. The quantitative estimate of drug-likeness (QED) is 0.0511. The maximum Gasteiger partial charge on any atom is 0.305 e. The molecule has 48 heavy (non-hydrogen) atoms. The third-order valence-electron chi connectivity index (χ3n) is 6.04. The number of hydrogen-bond donors (Lipinski definition) is 8. The summed E-state index contributed by atoms with van der Waals surface area (Å²) in [5.74, 6) is -3.21. The minimum Gasteiger partial charge on any atom is -0.481 e. The molecule has 0 heterocycles. The Hall–Kier alpha value is -5.04. The molecular formula is C28H52N12O8. The highest BCUT2D eigenvalue weighted by Gasteiger charge is 2.28. The Morgan fingerprint density at radius 3 is 0.667 bits per heavy atom. The van der Waals surface area contributed by atoms with E-state index in [9.17, 15) is 19.2 Å². The van der Waals surface area contributed by atoms with Gasteiger partial charge in [0.25, 0.3) is 0 Å². The van der Waals surface area contributed by atoms with E-state index in [-0.39, 0.29) is 75.2 Å². The van der Waals surface area contributed by atoms with Crippen molar-refractivity contribution in [2.24, 2.45) is 63.4 Å². The van der Waals surface area contributed by atoms with E-state index >= 15 is 0 Å². The topological polar surface area (TPSA) is 352 Å². The van der Waals surface area contributed by atoms with Gasteiger partial charge in [-0.3, -0.25) is 39.1 Å². The first-order chi connectivity index (χ1) is 21.8. The summed E-state index contributed by atoms with van der Waals surface area (Å²) in [7, 11) is 0. The Morgan fingerprint density at radius 1 is 0.396 bits per heavy atom. The molecular weight excluding hydrogens is 632 g/mol. The highest BCUT2D eigenvalue weighted by atomic mass is 16.4. The number of aliphatic imine (C=N–C) groups is 4. The van der Waals surface area contributed by atoms with Crippen LogP contribution in [0.5, 0.6) is 0 Å². The summed E-state index contributed by atoms with van der Waals surface area (Å²) >= 11 is 0. The van der Waals surface area contributed by atoms with Crippen molar-refractivity contribution in [3.05, 3.63) is 0 Å². The fourth-order valence-electron chi connectivity index (χ4n) is 2.57. The molecule has 0 saturated heterocycles. The van der Waals surface area contributed by atoms with Crippen LogP contribution in [0.3, 0.4) is 0 Å². The van der Waals surface area contributed by atoms with E-state index in [1.54, 1.807) is 55.4 Å². The van der Waals surface area contributed by atoms with Gasteiger partial charge in [-0.05, 0) is 55.4 Å². The lowest BCUT2D eigenvalue weighted by molar-refractivity contribution is -0.137.